The molecule has 0 radical (unpaired) electrons. The maximum atomic E-state index is 11.9. The van der Waals surface area contributed by atoms with E-state index in [9.17, 15) is 9.59 Å². The van der Waals surface area contributed by atoms with E-state index >= 15 is 0 Å². The Morgan fingerprint density at radius 2 is 2.10 bits per heavy atom. The second-order valence-corrected chi connectivity index (χ2v) is 4.56. The second-order valence-electron chi connectivity index (χ2n) is 4.56. The predicted molar refractivity (Wildman–Crippen MR) is 72.2 cm³/mol. The Labute approximate surface area is 121 Å². The maximum absolute atomic E-state index is 11.9. The molecule has 1 aliphatic heterocycles. The van der Waals surface area contributed by atoms with Crippen LogP contribution in [0.1, 0.15) is 18.1 Å². The first-order valence-electron chi connectivity index (χ1n) is 6.32. The van der Waals surface area contributed by atoms with E-state index in [0.717, 1.165) is 12.7 Å². The van der Waals surface area contributed by atoms with Crippen LogP contribution in [0.15, 0.2) is 41.6 Å². The molecule has 2 unspecified atom stereocenters. The van der Waals surface area contributed by atoms with Gasteiger partial charge in [-0.1, -0.05) is 30.3 Å². The molecule has 2 rings (SSSR count). The molecule has 1 aliphatic rings. The maximum Gasteiger partial charge on any atom is 0.350 e. The molecule has 0 aliphatic carbocycles. The van der Waals surface area contributed by atoms with Crippen molar-refractivity contribution in [1.82, 2.24) is 0 Å². The number of nitrogens with zero attached hydrogens (tertiary/aromatic N) is 1. The lowest BCUT2D eigenvalue weighted by atomic mass is 9.95. The molecule has 2 N–H and O–H groups in total. The molecule has 108 valence electrons. The number of ether oxygens (including phenoxy) is 2. The molecule has 1 heterocycles. The SMILES string of the molecule is COC(=O)/C(C#N)=C(\N)C1CC(c2ccccc2)OC1=O. The van der Waals surface area contributed by atoms with Crippen molar-refractivity contribution in [1.29, 1.82) is 5.26 Å². The van der Waals surface area contributed by atoms with Crippen molar-refractivity contribution >= 4 is 11.9 Å². The summed E-state index contributed by atoms with van der Waals surface area (Å²) >= 11 is 0. The van der Waals surface area contributed by atoms with Crippen LogP contribution < -0.4 is 5.73 Å². The number of carbonyl (C=O) groups is 2. The summed E-state index contributed by atoms with van der Waals surface area (Å²) in [6.45, 7) is 0. The number of rotatable bonds is 3. The second kappa shape index (κ2) is 6.09. The molecule has 2 atom stereocenters. The van der Waals surface area contributed by atoms with Gasteiger partial charge in [0.05, 0.1) is 7.11 Å². The van der Waals surface area contributed by atoms with E-state index in [1.165, 1.54) is 0 Å². The van der Waals surface area contributed by atoms with Crippen molar-refractivity contribution < 1.29 is 19.1 Å². The summed E-state index contributed by atoms with van der Waals surface area (Å²) in [7, 11) is 1.15. The van der Waals surface area contributed by atoms with E-state index in [-0.39, 0.29) is 17.7 Å². The lowest BCUT2D eigenvalue weighted by Crippen LogP contribution is -2.22. The van der Waals surface area contributed by atoms with Crippen molar-refractivity contribution in [2.24, 2.45) is 11.7 Å². The highest BCUT2D eigenvalue weighted by molar-refractivity contribution is 5.95. The number of esters is 2. The third kappa shape index (κ3) is 2.87. The molecule has 1 aromatic carbocycles. The standard InChI is InChI=1S/C15H14N2O4/c1-20-14(18)11(8-16)13(17)10-7-12(21-15(10)19)9-5-3-2-4-6-9/h2-6,10,12H,7,17H2,1H3/b13-11-. The van der Waals surface area contributed by atoms with Crippen molar-refractivity contribution in [3.63, 3.8) is 0 Å². The quantitative estimate of drug-likeness (QED) is 0.509. The van der Waals surface area contributed by atoms with Crippen LogP contribution in [-0.2, 0) is 19.1 Å². The fourth-order valence-electron chi connectivity index (χ4n) is 2.21. The van der Waals surface area contributed by atoms with Crippen molar-refractivity contribution in [3.05, 3.63) is 47.2 Å². The summed E-state index contributed by atoms with van der Waals surface area (Å²) in [6, 6.07) is 10.9. The summed E-state index contributed by atoms with van der Waals surface area (Å²) in [5.74, 6) is -2.21. The average Bonchev–Trinajstić information content (AvgIpc) is 2.90. The first kappa shape index (κ1) is 14.6. The zero-order valence-electron chi connectivity index (χ0n) is 11.4. The van der Waals surface area contributed by atoms with Gasteiger partial charge in [0.1, 0.15) is 18.1 Å². The molecule has 21 heavy (non-hydrogen) atoms. The van der Waals surface area contributed by atoms with Gasteiger partial charge in [-0.3, -0.25) is 4.79 Å². The molecule has 1 saturated heterocycles. The van der Waals surface area contributed by atoms with Crippen molar-refractivity contribution in [3.8, 4) is 6.07 Å². The van der Waals surface area contributed by atoms with Crippen LogP contribution in [0.3, 0.4) is 0 Å². The van der Waals surface area contributed by atoms with Crippen molar-refractivity contribution in [2.75, 3.05) is 7.11 Å². The highest BCUT2D eigenvalue weighted by Crippen LogP contribution is 2.36. The van der Waals surface area contributed by atoms with Gasteiger partial charge >= 0.3 is 11.9 Å². The van der Waals surface area contributed by atoms with Crippen LogP contribution in [0.25, 0.3) is 0 Å². The van der Waals surface area contributed by atoms with Crippen molar-refractivity contribution in [2.45, 2.75) is 12.5 Å². The van der Waals surface area contributed by atoms with Gasteiger partial charge < -0.3 is 15.2 Å². The lowest BCUT2D eigenvalue weighted by molar-refractivity contribution is -0.143. The minimum absolute atomic E-state index is 0.104. The monoisotopic (exact) mass is 286 g/mol. The highest BCUT2D eigenvalue weighted by atomic mass is 16.6. The van der Waals surface area contributed by atoms with E-state index in [1.807, 2.05) is 30.3 Å². The third-order valence-electron chi connectivity index (χ3n) is 3.33. The number of hydrogen-bond donors (Lipinski definition) is 1. The first-order chi connectivity index (χ1) is 10.1. The Morgan fingerprint density at radius 3 is 2.67 bits per heavy atom. The largest absolute Gasteiger partial charge is 0.465 e. The summed E-state index contributed by atoms with van der Waals surface area (Å²) in [6.07, 6.45) is -0.142. The Bertz CT molecular complexity index is 631. The molecule has 0 saturated carbocycles. The van der Waals surface area contributed by atoms with Gasteiger partial charge in [-0.05, 0) is 5.56 Å². The van der Waals surface area contributed by atoms with Crippen LogP contribution in [0, 0.1) is 17.2 Å². The minimum atomic E-state index is -0.856. The van der Waals surface area contributed by atoms with E-state index in [4.69, 9.17) is 15.7 Å². The molecular weight excluding hydrogens is 272 g/mol. The molecule has 0 aromatic heterocycles. The smallest absolute Gasteiger partial charge is 0.350 e. The summed E-state index contributed by atoms with van der Waals surface area (Å²) in [5, 5.41) is 8.99. The van der Waals surface area contributed by atoms with Gasteiger partial charge in [-0.15, -0.1) is 0 Å². The molecule has 0 spiro atoms. The fraction of sp³-hybridized carbons (Fsp3) is 0.267. The number of nitriles is 1. The van der Waals surface area contributed by atoms with Gasteiger partial charge in [0, 0.05) is 12.1 Å². The van der Waals surface area contributed by atoms with Gasteiger partial charge in [0.2, 0.25) is 0 Å². The molecule has 1 aromatic rings. The first-order valence-corrected chi connectivity index (χ1v) is 6.32. The number of hydrogen-bond acceptors (Lipinski definition) is 6. The fourth-order valence-corrected chi connectivity index (χ4v) is 2.21. The molecular formula is C15H14N2O4. The van der Waals surface area contributed by atoms with Crippen LogP contribution in [0.5, 0.6) is 0 Å². The zero-order chi connectivity index (χ0) is 15.4. The van der Waals surface area contributed by atoms with E-state index in [2.05, 4.69) is 4.74 Å². The zero-order valence-corrected chi connectivity index (χ0v) is 11.4. The number of carbonyl (C=O) groups excluding carboxylic acids is 2. The molecule has 6 nitrogen and oxygen atoms in total. The van der Waals surface area contributed by atoms with Crippen LogP contribution in [-0.4, -0.2) is 19.0 Å². The number of benzene rings is 1. The van der Waals surface area contributed by atoms with Gasteiger partial charge in [0.25, 0.3) is 0 Å². The van der Waals surface area contributed by atoms with Crippen LogP contribution in [0.4, 0.5) is 0 Å². The highest BCUT2D eigenvalue weighted by Gasteiger charge is 2.39. The minimum Gasteiger partial charge on any atom is -0.465 e. The van der Waals surface area contributed by atoms with Gasteiger partial charge in [-0.2, -0.15) is 5.26 Å². The number of cyclic esters (lactones) is 1. The predicted octanol–water partition coefficient (Wildman–Crippen LogP) is 1.20. The van der Waals surface area contributed by atoms with Gasteiger partial charge in [-0.25, -0.2) is 4.79 Å². The number of nitrogens with two attached hydrogens (primary N) is 1. The molecule has 0 amide bonds. The molecule has 0 bridgehead atoms. The summed E-state index contributed by atoms with van der Waals surface area (Å²) < 4.78 is 9.75. The Balaban J connectivity index is 2.26. The number of methoxy groups -OCH3 is 1. The Kier molecular flexibility index (Phi) is 4.24. The Morgan fingerprint density at radius 1 is 1.43 bits per heavy atom. The normalized spacial score (nSPS) is 22.0. The van der Waals surface area contributed by atoms with Crippen LogP contribution in [0.2, 0.25) is 0 Å². The summed E-state index contributed by atoms with van der Waals surface area (Å²) in [4.78, 5) is 23.4. The Hall–Kier alpha value is -2.81. The molecule has 1 fully saturated rings. The average molecular weight is 286 g/mol. The van der Waals surface area contributed by atoms with E-state index < -0.39 is 24.0 Å². The lowest BCUT2D eigenvalue weighted by Gasteiger charge is -2.09. The molecule has 6 heteroatoms. The topological polar surface area (TPSA) is 102 Å². The third-order valence-corrected chi connectivity index (χ3v) is 3.33. The summed E-state index contributed by atoms with van der Waals surface area (Å²) in [5.41, 5.74) is 6.18. The van der Waals surface area contributed by atoms with Crippen LogP contribution >= 0.6 is 0 Å². The van der Waals surface area contributed by atoms with E-state index in [1.54, 1.807) is 6.07 Å². The van der Waals surface area contributed by atoms with Gasteiger partial charge in [0.15, 0.2) is 5.57 Å². The van der Waals surface area contributed by atoms with E-state index in [0.29, 0.717) is 0 Å².